The van der Waals surface area contributed by atoms with Crippen LogP contribution in [0.3, 0.4) is 0 Å². The van der Waals surface area contributed by atoms with Gasteiger partial charge in [0.15, 0.2) is 0 Å². The van der Waals surface area contributed by atoms with Gasteiger partial charge >= 0.3 is 0 Å². The second-order valence-corrected chi connectivity index (χ2v) is 9.31. The van der Waals surface area contributed by atoms with Crippen LogP contribution in [0.15, 0.2) is 24.3 Å². The van der Waals surface area contributed by atoms with Gasteiger partial charge in [0.1, 0.15) is 0 Å². The maximum atomic E-state index is 12.1. The van der Waals surface area contributed by atoms with Gasteiger partial charge in [-0.1, -0.05) is 38.1 Å². The summed E-state index contributed by atoms with van der Waals surface area (Å²) >= 11 is 1.93. The van der Waals surface area contributed by atoms with E-state index in [1.54, 1.807) is 0 Å². The molecule has 2 aliphatic heterocycles. The van der Waals surface area contributed by atoms with E-state index in [1.807, 2.05) is 11.8 Å². The van der Waals surface area contributed by atoms with E-state index in [1.165, 1.54) is 30.6 Å². The monoisotopic (exact) mass is 375 g/mol. The van der Waals surface area contributed by atoms with Crippen molar-refractivity contribution >= 4 is 17.7 Å². The van der Waals surface area contributed by atoms with Crippen molar-refractivity contribution in [3.05, 3.63) is 35.4 Å². The number of nitrogens with one attached hydrogen (secondary N) is 2. The van der Waals surface area contributed by atoms with Gasteiger partial charge in [0.05, 0.1) is 0 Å². The van der Waals surface area contributed by atoms with Gasteiger partial charge in [-0.05, 0) is 29.4 Å². The number of amides is 1. The molecule has 2 fully saturated rings. The van der Waals surface area contributed by atoms with Gasteiger partial charge in [-0.2, -0.15) is 11.8 Å². The summed E-state index contributed by atoms with van der Waals surface area (Å²) in [6, 6.07) is 9.06. The first-order chi connectivity index (χ1) is 12.6. The maximum Gasteiger partial charge on any atom is 0.221 e. The number of nitrogens with zero attached hydrogens (tertiary/aromatic N) is 1. The highest BCUT2D eigenvalue weighted by molar-refractivity contribution is 7.99. The molecule has 5 heteroatoms. The fourth-order valence-corrected chi connectivity index (χ4v) is 5.14. The number of carbonyl (C=O) groups is 1. The minimum atomic E-state index is 0.144. The lowest BCUT2D eigenvalue weighted by Gasteiger charge is -2.35. The van der Waals surface area contributed by atoms with Gasteiger partial charge < -0.3 is 10.6 Å². The van der Waals surface area contributed by atoms with Crippen molar-refractivity contribution in [2.75, 3.05) is 31.1 Å². The molecule has 0 aromatic heterocycles. The molecule has 0 aliphatic carbocycles. The number of hydrogen-bond acceptors (Lipinski definition) is 4. The van der Waals surface area contributed by atoms with Crippen LogP contribution in [0.4, 0.5) is 0 Å². The fraction of sp³-hybridized carbons (Fsp3) is 0.667. The summed E-state index contributed by atoms with van der Waals surface area (Å²) in [6.07, 6.45) is 1.93. The average molecular weight is 376 g/mol. The van der Waals surface area contributed by atoms with E-state index < -0.39 is 0 Å². The average Bonchev–Trinajstić information content (AvgIpc) is 2.61. The lowest BCUT2D eigenvalue weighted by atomic mass is 9.91. The third-order valence-corrected chi connectivity index (χ3v) is 6.42. The molecule has 26 heavy (non-hydrogen) atoms. The van der Waals surface area contributed by atoms with Crippen molar-refractivity contribution in [3.8, 4) is 0 Å². The molecular weight excluding hydrogens is 342 g/mol. The summed E-state index contributed by atoms with van der Waals surface area (Å²) in [6.45, 7) is 9.79. The van der Waals surface area contributed by atoms with Crippen molar-refractivity contribution in [2.24, 2.45) is 11.8 Å². The first-order valence-electron chi connectivity index (χ1n) is 9.96. The largest absolute Gasteiger partial charge is 0.352 e. The van der Waals surface area contributed by atoms with E-state index >= 15 is 0 Å². The Hall–Kier alpha value is -1.04. The molecule has 2 heterocycles. The molecule has 3 rings (SSSR count). The zero-order chi connectivity index (χ0) is 18.4. The summed E-state index contributed by atoms with van der Waals surface area (Å²) in [4.78, 5) is 14.7. The Morgan fingerprint density at radius 1 is 1.19 bits per heavy atom. The number of likely N-dealkylation sites (tertiary alicyclic amines) is 1. The van der Waals surface area contributed by atoms with Gasteiger partial charge in [-0.15, -0.1) is 0 Å². The number of piperidine rings is 1. The minimum Gasteiger partial charge on any atom is -0.352 e. The highest BCUT2D eigenvalue weighted by atomic mass is 32.2. The van der Waals surface area contributed by atoms with Crippen molar-refractivity contribution in [3.63, 3.8) is 0 Å². The molecule has 2 saturated heterocycles. The lowest BCUT2D eigenvalue weighted by Crippen LogP contribution is -2.41. The van der Waals surface area contributed by atoms with Crippen LogP contribution in [-0.4, -0.2) is 48.0 Å². The number of thioether (sulfide) groups is 1. The number of carbonyl (C=O) groups excluding carboxylic acids is 1. The minimum absolute atomic E-state index is 0.144. The first kappa shape index (κ1) is 19.7. The molecule has 4 nitrogen and oxygen atoms in total. The Morgan fingerprint density at radius 3 is 2.54 bits per heavy atom. The van der Waals surface area contributed by atoms with Crippen molar-refractivity contribution in [1.82, 2.24) is 15.5 Å². The van der Waals surface area contributed by atoms with Crippen LogP contribution >= 0.6 is 11.8 Å². The van der Waals surface area contributed by atoms with Crippen LogP contribution < -0.4 is 10.6 Å². The predicted molar refractivity (Wildman–Crippen MR) is 110 cm³/mol. The van der Waals surface area contributed by atoms with Crippen molar-refractivity contribution < 1.29 is 4.79 Å². The van der Waals surface area contributed by atoms with E-state index in [4.69, 9.17) is 0 Å². The molecule has 2 N–H and O–H groups in total. The van der Waals surface area contributed by atoms with E-state index in [0.29, 0.717) is 19.0 Å². The molecule has 2 aliphatic rings. The highest BCUT2D eigenvalue weighted by Crippen LogP contribution is 2.22. The van der Waals surface area contributed by atoms with E-state index in [2.05, 4.69) is 53.6 Å². The Bertz CT molecular complexity index is 561. The van der Waals surface area contributed by atoms with Gasteiger partial charge in [0, 0.05) is 56.7 Å². The smallest absolute Gasteiger partial charge is 0.221 e. The molecular formula is C21H33N3OS. The molecule has 0 radical (unpaired) electrons. The maximum absolute atomic E-state index is 12.1. The van der Waals surface area contributed by atoms with Gasteiger partial charge in [-0.3, -0.25) is 9.69 Å². The summed E-state index contributed by atoms with van der Waals surface area (Å²) < 4.78 is 0. The molecule has 1 aromatic rings. The topological polar surface area (TPSA) is 44.4 Å². The van der Waals surface area contributed by atoms with E-state index in [9.17, 15) is 4.79 Å². The number of hydrogen-bond donors (Lipinski definition) is 2. The second-order valence-electron chi connectivity index (χ2n) is 8.16. The molecule has 144 valence electrons. The summed E-state index contributed by atoms with van der Waals surface area (Å²) in [5, 5.41) is 6.47. The third-order valence-electron chi connectivity index (χ3n) is 5.29. The number of benzene rings is 1. The normalized spacial score (nSPS) is 27.2. The zero-order valence-electron chi connectivity index (χ0n) is 16.2. The van der Waals surface area contributed by atoms with E-state index in [-0.39, 0.29) is 5.91 Å². The standard InChI is InChI=1S/C21H33N3OS/c1-16-9-17(2)13-24(12-16)14-19-5-3-18(4-6-19)11-23-21(25)10-20-15-26-8-7-22-20/h3-6,16-17,20,22H,7-15H2,1-2H3,(H,23,25). The molecule has 0 saturated carbocycles. The van der Waals surface area contributed by atoms with Crippen LogP contribution in [0.5, 0.6) is 0 Å². The van der Waals surface area contributed by atoms with Gasteiger partial charge in [-0.25, -0.2) is 0 Å². The molecule has 3 unspecified atom stereocenters. The lowest BCUT2D eigenvalue weighted by molar-refractivity contribution is -0.121. The fourth-order valence-electron chi connectivity index (χ4n) is 4.19. The van der Waals surface area contributed by atoms with Crippen molar-refractivity contribution in [2.45, 2.75) is 45.8 Å². The molecule has 3 atom stereocenters. The van der Waals surface area contributed by atoms with Crippen LogP contribution in [0.1, 0.15) is 37.8 Å². The quantitative estimate of drug-likeness (QED) is 0.802. The molecule has 1 amide bonds. The molecule has 0 bridgehead atoms. The highest BCUT2D eigenvalue weighted by Gasteiger charge is 2.21. The van der Waals surface area contributed by atoms with Crippen LogP contribution in [-0.2, 0) is 17.9 Å². The SMILES string of the molecule is CC1CC(C)CN(Cc2ccc(CNC(=O)CC3CSCCN3)cc2)C1. The van der Waals surface area contributed by atoms with Gasteiger partial charge in [0.2, 0.25) is 5.91 Å². The Balaban J connectivity index is 1.41. The van der Waals surface area contributed by atoms with Crippen LogP contribution in [0.25, 0.3) is 0 Å². The third kappa shape index (κ3) is 6.29. The van der Waals surface area contributed by atoms with Crippen molar-refractivity contribution in [1.29, 1.82) is 0 Å². The van der Waals surface area contributed by atoms with E-state index in [0.717, 1.165) is 36.4 Å². The molecule has 1 aromatic carbocycles. The summed E-state index contributed by atoms with van der Waals surface area (Å²) in [5.74, 6) is 3.93. The Morgan fingerprint density at radius 2 is 1.88 bits per heavy atom. The first-order valence-corrected chi connectivity index (χ1v) is 11.1. The van der Waals surface area contributed by atoms with Gasteiger partial charge in [0.25, 0.3) is 0 Å². The summed E-state index contributed by atoms with van der Waals surface area (Å²) in [7, 11) is 0. The van der Waals surface area contributed by atoms with Crippen LogP contribution in [0.2, 0.25) is 0 Å². The Kier molecular flexibility index (Phi) is 7.41. The molecule has 0 spiro atoms. The number of rotatable bonds is 6. The summed E-state index contributed by atoms with van der Waals surface area (Å²) in [5.41, 5.74) is 2.54. The second kappa shape index (κ2) is 9.77. The Labute approximate surface area is 162 Å². The van der Waals surface area contributed by atoms with Crippen LogP contribution in [0, 0.1) is 11.8 Å². The zero-order valence-corrected chi connectivity index (χ0v) is 17.0. The predicted octanol–water partition coefficient (Wildman–Crippen LogP) is 2.88.